The Kier molecular flexibility index (Phi) is 5.18. The number of carbonyl (C=O) groups excluding carboxylic acids is 2. The van der Waals surface area contributed by atoms with Crippen LogP contribution >= 0.6 is 11.6 Å². The number of aromatic nitrogens is 1. The molecule has 0 aliphatic carbocycles. The Bertz CT molecular complexity index is 490. The van der Waals surface area contributed by atoms with Crippen molar-refractivity contribution in [3.8, 4) is 0 Å². The van der Waals surface area contributed by atoms with E-state index in [1.54, 1.807) is 13.0 Å². The van der Waals surface area contributed by atoms with Gasteiger partial charge in [0.05, 0.1) is 5.38 Å². The van der Waals surface area contributed by atoms with E-state index in [0.29, 0.717) is 5.56 Å². The molecule has 1 aromatic rings. The SMILES string of the molecule is Cc1cc(C(=O)C(C)Cl)c(C)n1CC(=O)NC(C)C. The second kappa shape index (κ2) is 6.24. The van der Waals surface area contributed by atoms with Crippen LogP contribution in [0.25, 0.3) is 0 Å². The molecule has 0 aromatic carbocycles. The van der Waals surface area contributed by atoms with E-state index in [0.717, 1.165) is 11.4 Å². The molecule has 1 rings (SSSR count). The van der Waals surface area contributed by atoms with Crippen LogP contribution in [0.4, 0.5) is 0 Å². The van der Waals surface area contributed by atoms with Gasteiger partial charge in [-0.25, -0.2) is 0 Å². The third-order valence-electron chi connectivity index (χ3n) is 2.95. The first-order valence-corrected chi connectivity index (χ1v) is 6.82. The van der Waals surface area contributed by atoms with Crippen LogP contribution in [0.1, 0.15) is 42.5 Å². The zero-order valence-electron chi connectivity index (χ0n) is 12.1. The summed E-state index contributed by atoms with van der Waals surface area (Å²) in [5.74, 6) is -0.167. The van der Waals surface area contributed by atoms with Gasteiger partial charge in [-0.15, -0.1) is 11.6 Å². The van der Waals surface area contributed by atoms with Gasteiger partial charge in [-0.05, 0) is 40.7 Å². The van der Waals surface area contributed by atoms with Gasteiger partial charge in [-0.1, -0.05) is 0 Å². The zero-order valence-corrected chi connectivity index (χ0v) is 12.8. The summed E-state index contributed by atoms with van der Waals surface area (Å²) < 4.78 is 1.84. The second-order valence-corrected chi connectivity index (χ2v) is 5.73. The van der Waals surface area contributed by atoms with E-state index < -0.39 is 5.38 Å². The Morgan fingerprint density at radius 2 is 1.89 bits per heavy atom. The molecular formula is C14H21ClN2O2. The van der Waals surface area contributed by atoms with Gasteiger partial charge in [0.1, 0.15) is 6.54 Å². The molecule has 0 radical (unpaired) electrons. The first-order chi connectivity index (χ1) is 8.73. The molecule has 0 saturated heterocycles. The summed E-state index contributed by atoms with van der Waals surface area (Å²) in [4.78, 5) is 23.7. The fourth-order valence-corrected chi connectivity index (χ4v) is 2.14. The maximum absolute atomic E-state index is 11.9. The molecular weight excluding hydrogens is 264 g/mol. The average molecular weight is 285 g/mol. The number of hydrogen-bond donors (Lipinski definition) is 1. The van der Waals surface area contributed by atoms with Gasteiger partial charge in [0, 0.05) is 23.0 Å². The highest BCUT2D eigenvalue weighted by atomic mass is 35.5. The lowest BCUT2D eigenvalue weighted by Crippen LogP contribution is -2.33. The Labute approximate surface area is 119 Å². The minimum absolute atomic E-state index is 0.0604. The monoisotopic (exact) mass is 284 g/mol. The summed E-state index contributed by atoms with van der Waals surface area (Å²) in [6.07, 6.45) is 0. The Morgan fingerprint density at radius 3 is 2.37 bits per heavy atom. The number of carbonyl (C=O) groups is 2. The van der Waals surface area contributed by atoms with E-state index in [9.17, 15) is 9.59 Å². The van der Waals surface area contributed by atoms with Crippen LogP contribution in [-0.4, -0.2) is 27.7 Å². The smallest absolute Gasteiger partial charge is 0.240 e. The summed E-state index contributed by atoms with van der Waals surface area (Å²) >= 11 is 5.83. The van der Waals surface area contributed by atoms with Gasteiger partial charge in [0.2, 0.25) is 5.91 Å². The van der Waals surface area contributed by atoms with Crippen LogP contribution in [0.2, 0.25) is 0 Å². The largest absolute Gasteiger partial charge is 0.352 e. The summed E-state index contributed by atoms with van der Waals surface area (Å²) in [6, 6.07) is 1.90. The molecule has 1 aromatic heterocycles. The van der Waals surface area contributed by atoms with Crippen LogP contribution in [-0.2, 0) is 11.3 Å². The third kappa shape index (κ3) is 3.83. The highest BCUT2D eigenvalue weighted by Gasteiger charge is 2.20. The maximum Gasteiger partial charge on any atom is 0.240 e. The van der Waals surface area contributed by atoms with Crippen molar-refractivity contribution in [1.82, 2.24) is 9.88 Å². The Hall–Kier alpha value is -1.29. The van der Waals surface area contributed by atoms with Crippen LogP contribution < -0.4 is 5.32 Å². The highest BCUT2D eigenvalue weighted by molar-refractivity contribution is 6.33. The normalized spacial score (nSPS) is 12.6. The van der Waals surface area contributed by atoms with Crippen molar-refractivity contribution in [3.63, 3.8) is 0 Å². The molecule has 0 aliphatic rings. The van der Waals surface area contributed by atoms with E-state index in [1.807, 2.05) is 32.3 Å². The molecule has 1 unspecified atom stereocenters. The number of nitrogens with one attached hydrogen (secondary N) is 1. The summed E-state index contributed by atoms with van der Waals surface area (Å²) in [6.45, 7) is 9.42. The molecule has 19 heavy (non-hydrogen) atoms. The first-order valence-electron chi connectivity index (χ1n) is 6.38. The molecule has 106 valence electrons. The second-order valence-electron chi connectivity index (χ2n) is 5.07. The average Bonchev–Trinajstić information content (AvgIpc) is 2.54. The van der Waals surface area contributed by atoms with Crippen LogP contribution in [0.5, 0.6) is 0 Å². The predicted octanol–water partition coefficient (Wildman–Crippen LogP) is 2.44. The Balaban J connectivity index is 2.98. The zero-order chi connectivity index (χ0) is 14.7. The van der Waals surface area contributed by atoms with Crippen molar-refractivity contribution < 1.29 is 9.59 Å². The molecule has 1 N–H and O–H groups in total. The number of halogens is 1. The molecule has 0 aliphatic heterocycles. The number of aryl methyl sites for hydroxylation is 1. The fourth-order valence-electron chi connectivity index (χ4n) is 2.02. The lowest BCUT2D eigenvalue weighted by Gasteiger charge is -2.12. The number of nitrogens with zero attached hydrogens (tertiary/aromatic N) is 1. The number of amides is 1. The van der Waals surface area contributed by atoms with Gasteiger partial charge in [0.25, 0.3) is 0 Å². The van der Waals surface area contributed by atoms with Crippen molar-refractivity contribution in [2.24, 2.45) is 0 Å². The van der Waals surface area contributed by atoms with Crippen LogP contribution in [0.3, 0.4) is 0 Å². The third-order valence-corrected chi connectivity index (χ3v) is 3.15. The molecule has 1 amide bonds. The van der Waals surface area contributed by atoms with Gasteiger partial charge >= 0.3 is 0 Å². The minimum atomic E-state index is -0.557. The van der Waals surface area contributed by atoms with E-state index in [4.69, 9.17) is 11.6 Å². The molecule has 5 heteroatoms. The van der Waals surface area contributed by atoms with Gasteiger partial charge in [-0.2, -0.15) is 0 Å². The van der Waals surface area contributed by atoms with Gasteiger partial charge in [0.15, 0.2) is 5.78 Å². The van der Waals surface area contributed by atoms with Gasteiger partial charge in [-0.3, -0.25) is 9.59 Å². The molecule has 0 spiro atoms. The molecule has 0 fully saturated rings. The van der Waals surface area contributed by atoms with Crippen molar-refractivity contribution >= 4 is 23.3 Å². The quantitative estimate of drug-likeness (QED) is 0.667. The summed E-state index contributed by atoms with van der Waals surface area (Å²) in [5.41, 5.74) is 2.27. The molecule has 4 nitrogen and oxygen atoms in total. The summed E-state index contributed by atoms with van der Waals surface area (Å²) in [7, 11) is 0. The van der Waals surface area contributed by atoms with Crippen molar-refractivity contribution in [1.29, 1.82) is 0 Å². The van der Waals surface area contributed by atoms with E-state index >= 15 is 0 Å². The Morgan fingerprint density at radius 1 is 1.32 bits per heavy atom. The van der Waals surface area contributed by atoms with Crippen LogP contribution in [0.15, 0.2) is 6.07 Å². The van der Waals surface area contributed by atoms with Crippen molar-refractivity contribution in [2.45, 2.75) is 52.6 Å². The topological polar surface area (TPSA) is 51.1 Å². The first kappa shape index (κ1) is 15.8. The van der Waals surface area contributed by atoms with Crippen molar-refractivity contribution in [3.05, 3.63) is 23.0 Å². The summed E-state index contributed by atoms with van der Waals surface area (Å²) in [5, 5.41) is 2.28. The van der Waals surface area contributed by atoms with E-state index in [2.05, 4.69) is 5.32 Å². The maximum atomic E-state index is 11.9. The molecule has 1 atom stereocenters. The lowest BCUT2D eigenvalue weighted by molar-refractivity contribution is -0.122. The minimum Gasteiger partial charge on any atom is -0.352 e. The number of alkyl halides is 1. The number of hydrogen-bond acceptors (Lipinski definition) is 2. The predicted molar refractivity (Wildman–Crippen MR) is 76.8 cm³/mol. The van der Waals surface area contributed by atoms with Crippen molar-refractivity contribution in [2.75, 3.05) is 0 Å². The number of Topliss-reactive ketones (excluding diaryl/α,β-unsaturated/α-hetero) is 1. The molecule has 1 heterocycles. The fraction of sp³-hybridized carbons (Fsp3) is 0.571. The van der Waals surface area contributed by atoms with E-state index in [1.165, 1.54) is 0 Å². The van der Waals surface area contributed by atoms with Gasteiger partial charge < -0.3 is 9.88 Å². The van der Waals surface area contributed by atoms with E-state index in [-0.39, 0.29) is 24.3 Å². The highest BCUT2D eigenvalue weighted by Crippen LogP contribution is 2.18. The van der Waals surface area contributed by atoms with Crippen LogP contribution in [0, 0.1) is 13.8 Å². The molecule has 0 bridgehead atoms. The lowest BCUT2D eigenvalue weighted by atomic mass is 10.1. The number of rotatable bonds is 5. The standard InChI is InChI=1S/C14H21ClN2O2/c1-8(2)16-13(18)7-17-9(3)6-12(11(17)5)14(19)10(4)15/h6,8,10H,7H2,1-5H3,(H,16,18). The number of ketones is 1. The molecule has 0 saturated carbocycles.